The molecule has 0 radical (unpaired) electrons. The van der Waals surface area contributed by atoms with Crippen LogP contribution in [0.3, 0.4) is 0 Å². The highest BCUT2D eigenvalue weighted by molar-refractivity contribution is 6.25. The molecule has 12 rings (SSSR count). The molecule has 0 N–H and O–H groups in total. The van der Waals surface area contributed by atoms with E-state index >= 15 is 0 Å². The zero-order chi connectivity index (χ0) is 40.3. The number of hydrogen-bond acceptors (Lipinski definition) is 3. The van der Waals surface area contributed by atoms with Crippen molar-refractivity contribution in [2.45, 2.75) is 0 Å². The smallest absolute Gasteiger partial charge is 0.164 e. The van der Waals surface area contributed by atoms with E-state index in [-0.39, 0.29) is 0 Å². The fraction of sp³-hybridized carbons (Fsp3) is 0. The van der Waals surface area contributed by atoms with Crippen molar-refractivity contribution in [1.29, 1.82) is 0 Å². The molecular formula is C57H36N4. The first-order chi connectivity index (χ1) is 30.2. The molecule has 12 aromatic rings. The Morgan fingerprint density at radius 1 is 0.230 bits per heavy atom. The Bertz CT molecular complexity index is 3590. The molecule has 0 unspecified atom stereocenters. The van der Waals surface area contributed by atoms with Gasteiger partial charge in [0, 0.05) is 33.2 Å². The van der Waals surface area contributed by atoms with Crippen molar-refractivity contribution in [2.75, 3.05) is 0 Å². The van der Waals surface area contributed by atoms with Crippen LogP contribution in [-0.4, -0.2) is 19.5 Å². The summed E-state index contributed by atoms with van der Waals surface area (Å²) in [7, 11) is 0. The molecule has 2 aromatic heterocycles. The number of para-hydroxylation sites is 1. The summed E-state index contributed by atoms with van der Waals surface area (Å²) < 4.78 is 2.35. The minimum absolute atomic E-state index is 0.620. The van der Waals surface area contributed by atoms with Gasteiger partial charge in [0.25, 0.3) is 0 Å². The number of fused-ring (bicyclic) bond motifs is 9. The van der Waals surface area contributed by atoms with Gasteiger partial charge in [-0.3, -0.25) is 0 Å². The van der Waals surface area contributed by atoms with Crippen LogP contribution in [0.5, 0.6) is 0 Å². The summed E-state index contributed by atoms with van der Waals surface area (Å²) in [5, 5.41) is 9.76. The van der Waals surface area contributed by atoms with Crippen molar-refractivity contribution in [1.82, 2.24) is 19.5 Å². The Morgan fingerprint density at radius 3 is 1.28 bits per heavy atom. The topological polar surface area (TPSA) is 43.6 Å². The fourth-order valence-electron chi connectivity index (χ4n) is 9.10. The van der Waals surface area contributed by atoms with Crippen molar-refractivity contribution in [2.24, 2.45) is 0 Å². The van der Waals surface area contributed by atoms with Crippen LogP contribution in [-0.2, 0) is 0 Å². The van der Waals surface area contributed by atoms with Gasteiger partial charge < -0.3 is 4.57 Å². The quantitative estimate of drug-likeness (QED) is 0.158. The predicted octanol–water partition coefficient (Wildman–Crippen LogP) is 14.8. The van der Waals surface area contributed by atoms with Crippen LogP contribution in [0, 0.1) is 0 Å². The van der Waals surface area contributed by atoms with E-state index in [2.05, 4.69) is 217 Å². The Morgan fingerprint density at radius 2 is 0.639 bits per heavy atom. The minimum Gasteiger partial charge on any atom is -0.309 e. The highest BCUT2D eigenvalue weighted by Gasteiger charge is 2.17. The predicted molar refractivity (Wildman–Crippen MR) is 254 cm³/mol. The van der Waals surface area contributed by atoms with Gasteiger partial charge in [-0.05, 0) is 109 Å². The second-order valence-corrected chi connectivity index (χ2v) is 15.6. The molecule has 0 amide bonds. The number of benzene rings is 10. The molecule has 0 aliphatic rings. The molecule has 4 nitrogen and oxygen atoms in total. The zero-order valence-corrected chi connectivity index (χ0v) is 33.1. The molecule has 0 atom stereocenters. The van der Waals surface area contributed by atoms with Crippen molar-refractivity contribution in [3.8, 4) is 62.1 Å². The average Bonchev–Trinajstić information content (AvgIpc) is 3.68. The van der Waals surface area contributed by atoms with Gasteiger partial charge >= 0.3 is 0 Å². The number of nitrogens with zero attached hydrogens (tertiary/aromatic N) is 4. The summed E-state index contributed by atoms with van der Waals surface area (Å²) in [5.74, 6) is 1.88. The van der Waals surface area contributed by atoms with Gasteiger partial charge in [-0.1, -0.05) is 164 Å². The van der Waals surface area contributed by atoms with E-state index < -0.39 is 0 Å². The maximum absolute atomic E-state index is 5.23. The molecule has 0 saturated heterocycles. The summed E-state index contributed by atoms with van der Waals surface area (Å²) in [6, 6.07) is 77.5. The Balaban J connectivity index is 1.01. The first kappa shape index (κ1) is 34.8. The molecule has 0 fully saturated rings. The standard InChI is InChI=1S/C57H36N4/c1-3-14-37(15-4-1)40-18-13-19-42(34-40)56-58-55(59-57(60-56)43-28-32-49-47-22-8-7-20-45(47)46-21-9-10-23-48(46)51(49)36-43)39-26-30-44(31-27-39)61-53-25-12-11-24-50(53)52-35-41(29-33-54(52)61)38-16-5-2-6-17-38/h1-36H. The molecule has 0 aliphatic heterocycles. The second-order valence-electron chi connectivity index (χ2n) is 15.6. The lowest BCUT2D eigenvalue weighted by Crippen LogP contribution is -2.01. The monoisotopic (exact) mass is 776 g/mol. The highest BCUT2D eigenvalue weighted by Crippen LogP contribution is 2.39. The van der Waals surface area contributed by atoms with E-state index in [1.54, 1.807) is 0 Å². The van der Waals surface area contributed by atoms with Gasteiger partial charge in [0.1, 0.15) is 0 Å². The van der Waals surface area contributed by atoms with Crippen LogP contribution >= 0.6 is 0 Å². The zero-order valence-electron chi connectivity index (χ0n) is 33.1. The van der Waals surface area contributed by atoms with E-state index in [1.807, 2.05) is 6.07 Å². The van der Waals surface area contributed by atoms with Crippen molar-refractivity contribution in [3.63, 3.8) is 0 Å². The van der Waals surface area contributed by atoms with Crippen LogP contribution in [0.1, 0.15) is 0 Å². The molecule has 0 saturated carbocycles. The Kier molecular flexibility index (Phi) is 8.13. The lowest BCUT2D eigenvalue weighted by molar-refractivity contribution is 1.07. The van der Waals surface area contributed by atoms with Crippen molar-refractivity contribution >= 4 is 54.1 Å². The summed E-state index contributed by atoms with van der Waals surface area (Å²) in [6.07, 6.45) is 0. The summed E-state index contributed by atoms with van der Waals surface area (Å²) >= 11 is 0. The van der Waals surface area contributed by atoms with Gasteiger partial charge in [-0.15, -0.1) is 0 Å². The summed E-state index contributed by atoms with van der Waals surface area (Å²) in [5.41, 5.74) is 10.8. The third-order valence-corrected chi connectivity index (χ3v) is 12.0. The highest BCUT2D eigenvalue weighted by atomic mass is 15.0. The Hall–Kier alpha value is -8.21. The molecule has 10 aromatic carbocycles. The lowest BCUT2D eigenvalue weighted by Gasteiger charge is -2.13. The van der Waals surface area contributed by atoms with E-state index in [4.69, 9.17) is 15.0 Å². The molecule has 0 spiro atoms. The van der Waals surface area contributed by atoms with E-state index in [0.717, 1.165) is 44.5 Å². The van der Waals surface area contributed by atoms with Gasteiger partial charge in [0.2, 0.25) is 0 Å². The second kappa shape index (κ2) is 14.3. The van der Waals surface area contributed by atoms with Crippen molar-refractivity contribution < 1.29 is 0 Å². The van der Waals surface area contributed by atoms with Gasteiger partial charge in [0.05, 0.1) is 11.0 Å². The molecule has 61 heavy (non-hydrogen) atoms. The molecule has 2 heterocycles. The summed E-state index contributed by atoms with van der Waals surface area (Å²) in [6.45, 7) is 0. The van der Waals surface area contributed by atoms with Gasteiger partial charge in [-0.25, -0.2) is 15.0 Å². The van der Waals surface area contributed by atoms with E-state index in [1.165, 1.54) is 54.2 Å². The van der Waals surface area contributed by atoms with Crippen LogP contribution < -0.4 is 0 Å². The van der Waals surface area contributed by atoms with Crippen LogP contribution in [0.2, 0.25) is 0 Å². The first-order valence-corrected chi connectivity index (χ1v) is 20.7. The SMILES string of the molecule is c1ccc(-c2cccc(-c3nc(-c4ccc(-n5c6ccccc6c6cc(-c7ccccc7)ccc65)cc4)nc(-c4ccc5c6ccccc6c6ccccc6c5c4)n3)c2)cc1. The molecule has 0 bridgehead atoms. The molecular weight excluding hydrogens is 741 g/mol. The third-order valence-electron chi connectivity index (χ3n) is 12.0. The van der Waals surface area contributed by atoms with Gasteiger partial charge in [-0.2, -0.15) is 0 Å². The summed E-state index contributed by atoms with van der Waals surface area (Å²) in [4.78, 5) is 15.6. The fourth-order valence-corrected chi connectivity index (χ4v) is 9.10. The van der Waals surface area contributed by atoms with Gasteiger partial charge in [0.15, 0.2) is 17.5 Å². The Labute approximate surface area is 352 Å². The molecule has 0 aliphatic carbocycles. The van der Waals surface area contributed by atoms with Crippen LogP contribution in [0.25, 0.3) is 116 Å². The number of hydrogen-bond donors (Lipinski definition) is 0. The van der Waals surface area contributed by atoms with E-state index in [0.29, 0.717) is 17.5 Å². The average molecular weight is 777 g/mol. The number of aromatic nitrogens is 4. The first-order valence-electron chi connectivity index (χ1n) is 20.7. The molecule has 284 valence electrons. The number of rotatable bonds is 6. The lowest BCUT2D eigenvalue weighted by atomic mass is 9.93. The minimum atomic E-state index is 0.620. The normalized spacial score (nSPS) is 11.6. The molecule has 4 heteroatoms. The maximum Gasteiger partial charge on any atom is 0.164 e. The maximum atomic E-state index is 5.23. The third kappa shape index (κ3) is 5.96. The van der Waals surface area contributed by atoms with Crippen LogP contribution in [0.15, 0.2) is 218 Å². The largest absolute Gasteiger partial charge is 0.309 e. The van der Waals surface area contributed by atoms with E-state index in [9.17, 15) is 0 Å². The van der Waals surface area contributed by atoms with Crippen LogP contribution in [0.4, 0.5) is 0 Å². The van der Waals surface area contributed by atoms with Crippen molar-refractivity contribution in [3.05, 3.63) is 218 Å².